The third-order valence-electron chi connectivity index (χ3n) is 4.20. The van der Waals surface area contributed by atoms with Crippen molar-refractivity contribution in [2.24, 2.45) is 0 Å². The van der Waals surface area contributed by atoms with Crippen molar-refractivity contribution in [3.63, 3.8) is 0 Å². The van der Waals surface area contributed by atoms with E-state index in [2.05, 4.69) is 24.4 Å². The molecule has 2 aromatic rings. The normalized spacial score (nSPS) is 11.7. The highest BCUT2D eigenvalue weighted by molar-refractivity contribution is 5.76. The number of carbonyl (C=O) groups excluding carboxylic acids is 1. The molecular weight excluding hydrogens is 326 g/mol. The van der Waals surface area contributed by atoms with Crippen LogP contribution in [0.25, 0.3) is 0 Å². The monoisotopic (exact) mass is 355 g/mol. The van der Waals surface area contributed by atoms with Crippen molar-refractivity contribution in [2.45, 2.75) is 39.5 Å². The van der Waals surface area contributed by atoms with Crippen molar-refractivity contribution < 1.29 is 14.3 Å². The van der Waals surface area contributed by atoms with Crippen LogP contribution in [0.15, 0.2) is 48.5 Å². The molecule has 0 saturated carbocycles. The summed E-state index contributed by atoms with van der Waals surface area (Å²) >= 11 is 0. The van der Waals surface area contributed by atoms with Gasteiger partial charge in [0.2, 0.25) is 5.91 Å². The van der Waals surface area contributed by atoms with Gasteiger partial charge in [-0.05, 0) is 49.4 Å². The van der Waals surface area contributed by atoms with Crippen LogP contribution in [0.2, 0.25) is 0 Å². The average molecular weight is 355 g/mol. The summed E-state index contributed by atoms with van der Waals surface area (Å²) in [6.07, 6.45) is 1.26. The first-order chi connectivity index (χ1) is 12.6. The molecule has 0 heterocycles. The molecule has 1 amide bonds. The first kappa shape index (κ1) is 19.8. The maximum absolute atomic E-state index is 12.2. The summed E-state index contributed by atoms with van der Waals surface area (Å²) in [7, 11) is 0. The summed E-state index contributed by atoms with van der Waals surface area (Å²) in [4.78, 5) is 12.2. The van der Waals surface area contributed by atoms with E-state index in [-0.39, 0.29) is 11.8 Å². The molecule has 0 aliphatic carbocycles. The molecule has 4 heteroatoms. The number of ether oxygens (including phenoxy) is 2. The zero-order valence-corrected chi connectivity index (χ0v) is 16.0. The summed E-state index contributed by atoms with van der Waals surface area (Å²) in [5, 5.41) is 3.01. The number of hydrogen-bond donors (Lipinski definition) is 1. The lowest BCUT2D eigenvalue weighted by Crippen LogP contribution is -2.26. The molecule has 1 atom stereocenters. The average Bonchev–Trinajstić information content (AvgIpc) is 2.65. The molecule has 140 valence electrons. The molecule has 0 saturated heterocycles. The molecule has 1 unspecified atom stereocenters. The minimum absolute atomic E-state index is 0.0809. The van der Waals surface area contributed by atoms with Crippen molar-refractivity contribution in [3.05, 3.63) is 59.7 Å². The zero-order chi connectivity index (χ0) is 18.8. The van der Waals surface area contributed by atoms with Crippen molar-refractivity contribution in [1.82, 2.24) is 5.32 Å². The van der Waals surface area contributed by atoms with Crippen molar-refractivity contribution >= 4 is 5.91 Å². The van der Waals surface area contributed by atoms with E-state index >= 15 is 0 Å². The van der Waals surface area contributed by atoms with Gasteiger partial charge in [0.15, 0.2) is 11.5 Å². The molecule has 0 radical (unpaired) electrons. The quantitative estimate of drug-likeness (QED) is 0.690. The van der Waals surface area contributed by atoms with E-state index in [1.807, 2.05) is 50.2 Å². The van der Waals surface area contributed by atoms with Gasteiger partial charge >= 0.3 is 0 Å². The second-order valence-electron chi connectivity index (χ2n) is 6.26. The SMILES string of the molecule is CCOc1ccc(CCNC(=O)CC(C)c2ccccc2)cc1OCC. The van der Waals surface area contributed by atoms with E-state index in [1.165, 1.54) is 5.56 Å². The van der Waals surface area contributed by atoms with Crippen LogP contribution < -0.4 is 14.8 Å². The lowest BCUT2D eigenvalue weighted by Gasteiger charge is -2.14. The Morgan fingerprint density at radius 3 is 2.38 bits per heavy atom. The topological polar surface area (TPSA) is 47.6 Å². The van der Waals surface area contributed by atoms with Gasteiger partial charge in [0.25, 0.3) is 0 Å². The van der Waals surface area contributed by atoms with E-state index in [9.17, 15) is 4.79 Å². The molecule has 0 aromatic heterocycles. The van der Waals surface area contributed by atoms with Gasteiger partial charge in [-0.25, -0.2) is 0 Å². The van der Waals surface area contributed by atoms with Gasteiger partial charge in [0.05, 0.1) is 13.2 Å². The first-order valence-electron chi connectivity index (χ1n) is 9.34. The largest absolute Gasteiger partial charge is 0.490 e. The molecule has 0 aliphatic heterocycles. The summed E-state index contributed by atoms with van der Waals surface area (Å²) in [6.45, 7) is 7.80. The fraction of sp³-hybridized carbons (Fsp3) is 0.409. The van der Waals surface area contributed by atoms with E-state index in [0.29, 0.717) is 26.2 Å². The number of hydrogen-bond acceptors (Lipinski definition) is 3. The van der Waals surface area contributed by atoms with E-state index in [0.717, 1.165) is 23.5 Å². The standard InChI is InChI=1S/C22H29NO3/c1-4-25-20-12-11-18(16-21(20)26-5-2)13-14-23-22(24)15-17(3)19-9-7-6-8-10-19/h6-12,16-17H,4-5,13-15H2,1-3H3,(H,23,24). The Hall–Kier alpha value is -2.49. The van der Waals surface area contributed by atoms with Crippen LogP contribution in [-0.4, -0.2) is 25.7 Å². The smallest absolute Gasteiger partial charge is 0.220 e. The van der Waals surface area contributed by atoms with Crippen LogP contribution >= 0.6 is 0 Å². The second kappa shape index (κ2) is 10.5. The molecule has 2 aromatic carbocycles. The van der Waals surface area contributed by atoms with Gasteiger partial charge in [0.1, 0.15) is 0 Å². The Balaban J connectivity index is 1.83. The summed E-state index contributed by atoms with van der Waals surface area (Å²) in [6, 6.07) is 16.1. The van der Waals surface area contributed by atoms with E-state index < -0.39 is 0 Å². The predicted octanol–water partition coefficient (Wildman–Crippen LogP) is 4.34. The van der Waals surface area contributed by atoms with E-state index in [1.54, 1.807) is 0 Å². The minimum atomic E-state index is 0.0809. The number of benzene rings is 2. The van der Waals surface area contributed by atoms with Gasteiger partial charge in [0, 0.05) is 13.0 Å². The Morgan fingerprint density at radius 1 is 1.00 bits per heavy atom. The van der Waals surface area contributed by atoms with Crippen LogP contribution in [-0.2, 0) is 11.2 Å². The number of rotatable bonds is 10. The van der Waals surface area contributed by atoms with Crippen LogP contribution in [0.4, 0.5) is 0 Å². The van der Waals surface area contributed by atoms with Crippen molar-refractivity contribution in [2.75, 3.05) is 19.8 Å². The van der Waals surface area contributed by atoms with Crippen LogP contribution in [0.1, 0.15) is 44.2 Å². The van der Waals surface area contributed by atoms with Crippen molar-refractivity contribution in [3.8, 4) is 11.5 Å². The number of amides is 1. The lowest BCUT2D eigenvalue weighted by atomic mass is 9.97. The van der Waals surface area contributed by atoms with Gasteiger partial charge in [-0.2, -0.15) is 0 Å². The number of carbonyl (C=O) groups is 1. The van der Waals surface area contributed by atoms with Crippen molar-refractivity contribution in [1.29, 1.82) is 0 Å². The Morgan fingerprint density at radius 2 is 1.69 bits per heavy atom. The Kier molecular flexibility index (Phi) is 8.00. The zero-order valence-electron chi connectivity index (χ0n) is 16.0. The molecule has 4 nitrogen and oxygen atoms in total. The highest BCUT2D eigenvalue weighted by Gasteiger charge is 2.11. The highest BCUT2D eigenvalue weighted by Crippen LogP contribution is 2.28. The number of nitrogens with one attached hydrogen (secondary N) is 1. The van der Waals surface area contributed by atoms with Crippen LogP contribution in [0.5, 0.6) is 11.5 Å². The fourth-order valence-corrected chi connectivity index (χ4v) is 2.85. The molecular formula is C22H29NO3. The summed E-state index contributed by atoms with van der Waals surface area (Å²) in [5.41, 5.74) is 2.31. The summed E-state index contributed by atoms with van der Waals surface area (Å²) < 4.78 is 11.2. The Labute approximate surface area is 156 Å². The lowest BCUT2D eigenvalue weighted by molar-refractivity contribution is -0.121. The molecule has 0 spiro atoms. The van der Waals surface area contributed by atoms with Gasteiger partial charge in [-0.15, -0.1) is 0 Å². The Bertz CT molecular complexity index is 685. The molecule has 2 rings (SSSR count). The van der Waals surface area contributed by atoms with Crippen LogP contribution in [0.3, 0.4) is 0 Å². The molecule has 0 aliphatic rings. The summed E-state index contributed by atoms with van der Waals surface area (Å²) in [5.74, 6) is 1.82. The maximum Gasteiger partial charge on any atom is 0.220 e. The minimum Gasteiger partial charge on any atom is -0.490 e. The maximum atomic E-state index is 12.2. The van der Waals surface area contributed by atoms with Gasteiger partial charge < -0.3 is 14.8 Å². The predicted molar refractivity (Wildman–Crippen MR) is 105 cm³/mol. The third kappa shape index (κ3) is 6.10. The first-order valence-corrected chi connectivity index (χ1v) is 9.34. The molecule has 1 N–H and O–H groups in total. The van der Waals surface area contributed by atoms with E-state index in [4.69, 9.17) is 9.47 Å². The molecule has 0 fully saturated rings. The third-order valence-corrected chi connectivity index (χ3v) is 4.20. The molecule has 26 heavy (non-hydrogen) atoms. The fourth-order valence-electron chi connectivity index (χ4n) is 2.85. The van der Waals surface area contributed by atoms with Crippen LogP contribution in [0, 0.1) is 0 Å². The van der Waals surface area contributed by atoms with Gasteiger partial charge in [-0.3, -0.25) is 4.79 Å². The van der Waals surface area contributed by atoms with Gasteiger partial charge in [-0.1, -0.05) is 43.3 Å². The molecule has 0 bridgehead atoms. The highest BCUT2D eigenvalue weighted by atomic mass is 16.5. The second-order valence-corrected chi connectivity index (χ2v) is 6.26.